The number of aryl methyl sites for hydroxylation is 1. The molecule has 1 aromatic carbocycles. The number of methoxy groups -OCH3 is 2. The van der Waals surface area contributed by atoms with Crippen LogP contribution in [0.25, 0.3) is 11.0 Å². The maximum atomic E-state index is 12.5. The highest BCUT2D eigenvalue weighted by molar-refractivity contribution is 5.72. The molecule has 3 aromatic rings. The molecule has 8 heteroatoms. The summed E-state index contributed by atoms with van der Waals surface area (Å²) in [5.41, 5.74) is 0.786. The molecule has 1 unspecified atom stereocenters. The number of aromatic nitrogens is 4. The fraction of sp³-hybridized carbons (Fsp3) is 0.312. The number of nitrogens with zero attached hydrogens (tertiary/aromatic N) is 4. The highest BCUT2D eigenvalue weighted by Gasteiger charge is 2.17. The van der Waals surface area contributed by atoms with Gasteiger partial charge in [-0.05, 0) is 18.2 Å². The molecule has 0 aliphatic heterocycles. The summed E-state index contributed by atoms with van der Waals surface area (Å²) in [7, 11) is 4.78. The molecule has 24 heavy (non-hydrogen) atoms. The van der Waals surface area contributed by atoms with Gasteiger partial charge in [0.2, 0.25) is 0 Å². The fourth-order valence-electron chi connectivity index (χ4n) is 2.58. The zero-order valence-electron chi connectivity index (χ0n) is 13.6. The Morgan fingerprint density at radius 3 is 2.79 bits per heavy atom. The predicted molar refractivity (Wildman–Crippen MR) is 87.3 cm³/mol. The van der Waals surface area contributed by atoms with Gasteiger partial charge in [-0.2, -0.15) is 5.10 Å². The minimum absolute atomic E-state index is 0.0419. The Morgan fingerprint density at radius 1 is 1.29 bits per heavy atom. The van der Waals surface area contributed by atoms with Crippen LogP contribution in [-0.4, -0.2) is 38.7 Å². The van der Waals surface area contributed by atoms with Crippen LogP contribution in [0.2, 0.25) is 0 Å². The van der Waals surface area contributed by atoms with Crippen LogP contribution in [0.3, 0.4) is 0 Å². The number of rotatable bonds is 5. The Balaban J connectivity index is 1.97. The summed E-state index contributed by atoms with van der Waals surface area (Å²) in [4.78, 5) is 16.7. The topological polar surface area (TPSA) is 91.4 Å². The van der Waals surface area contributed by atoms with Crippen LogP contribution in [-0.2, 0) is 13.6 Å². The first-order valence-corrected chi connectivity index (χ1v) is 7.32. The van der Waals surface area contributed by atoms with E-state index in [-0.39, 0.29) is 12.1 Å². The van der Waals surface area contributed by atoms with E-state index in [1.54, 1.807) is 32.4 Å². The predicted octanol–water partition coefficient (Wildman–Crippen LogP) is 0.881. The van der Waals surface area contributed by atoms with Crippen LogP contribution in [0.4, 0.5) is 0 Å². The summed E-state index contributed by atoms with van der Waals surface area (Å²) >= 11 is 0. The maximum absolute atomic E-state index is 12.5. The van der Waals surface area contributed by atoms with E-state index >= 15 is 0 Å². The zero-order valence-corrected chi connectivity index (χ0v) is 13.6. The highest BCUT2D eigenvalue weighted by atomic mass is 16.5. The lowest BCUT2D eigenvalue weighted by Crippen LogP contribution is -2.24. The molecule has 8 nitrogen and oxygen atoms in total. The van der Waals surface area contributed by atoms with Crippen LogP contribution in [0.1, 0.15) is 11.7 Å². The Hall–Kier alpha value is -2.87. The third-order valence-electron chi connectivity index (χ3n) is 3.88. The zero-order chi connectivity index (χ0) is 17.3. The van der Waals surface area contributed by atoms with Gasteiger partial charge in [-0.25, -0.2) is 4.98 Å². The molecule has 126 valence electrons. The third-order valence-corrected chi connectivity index (χ3v) is 3.88. The lowest BCUT2D eigenvalue weighted by atomic mass is 10.1. The van der Waals surface area contributed by atoms with Gasteiger partial charge in [0.25, 0.3) is 5.56 Å². The fourth-order valence-corrected chi connectivity index (χ4v) is 2.58. The van der Waals surface area contributed by atoms with Crippen molar-refractivity contribution in [1.82, 2.24) is 19.3 Å². The average molecular weight is 330 g/mol. The molecule has 2 heterocycles. The van der Waals surface area contributed by atoms with E-state index in [4.69, 9.17) is 9.47 Å². The molecule has 2 aromatic heterocycles. The first kappa shape index (κ1) is 16.0. The summed E-state index contributed by atoms with van der Waals surface area (Å²) < 4.78 is 13.3. The summed E-state index contributed by atoms with van der Waals surface area (Å²) in [6.45, 7) is 0.0419. The SMILES string of the molecule is COc1ccc(OC)c(C(O)Cn2cnc3c(cnn3C)c2=O)c1. The van der Waals surface area contributed by atoms with Crippen LogP contribution in [0.5, 0.6) is 11.5 Å². The van der Waals surface area contributed by atoms with Crippen molar-refractivity contribution in [2.24, 2.45) is 7.05 Å². The number of hydrogen-bond acceptors (Lipinski definition) is 6. The summed E-state index contributed by atoms with van der Waals surface area (Å²) in [5.74, 6) is 1.12. The van der Waals surface area contributed by atoms with Gasteiger partial charge in [-0.15, -0.1) is 0 Å². The Bertz CT molecular complexity index is 931. The monoisotopic (exact) mass is 330 g/mol. The van der Waals surface area contributed by atoms with E-state index < -0.39 is 6.10 Å². The van der Waals surface area contributed by atoms with E-state index in [9.17, 15) is 9.90 Å². The van der Waals surface area contributed by atoms with Gasteiger partial charge in [0.15, 0.2) is 5.65 Å². The summed E-state index contributed by atoms with van der Waals surface area (Å²) in [6.07, 6.45) is 1.92. The first-order valence-electron chi connectivity index (χ1n) is 7.32. The summed E-state index contributed by atoms with van der Waals surface area (Å²) in [6, 6.07) is 5.14. The van der Waals surface area contributed by atoms with Crippen molar-refractivity contribution >= 4 is 11.0 Å². The number of ether oxygens (including phenoxy) is 2. The van der Waals surface area contributed by atoms with Crippen LogP contribution in [0, 0.1) is 0 Å². The molecule has 0 amide bonds. The molecule has 0 aliphatic carbocycles. The van der Waals surface area contributed by atoms with Crippen molar-refractivity contribution in [3.63, 3.8) is 0 Å². The molecule has 0 radical (unpaired) electrons. The van der Waals surface area contributed by atoms with Crippen molar-refractivity contribution in [1.29, 1.82) is 0 Å². The smallest absolute Gasteiger partial charge is 0.264 e. The minimum atomic E-state index is -0.955. The molecule has 0 spiro atoms. The van der Waals surface area contributed by atoms with E-state index in [0.29, 0.717) is 28.1 Å². The second kappa shape index (κ2) is 6.32. The van der Waals surface area contributed by atoms with Crippen molar-refractivity contribution < 1.29 is 14.6 Å². The van der Waals surface area contributed by atoms with Gasteiger partial charge in [-0.1, -0.05) is 0 Å². The number of aliphatic hydroxyl groups excluding tert-OH is 1. The highest BCUT2D eigenvalue weighted by Crippen LogP contribution is 2.30. The standard InChI is InChI=1S/C16H18N4O4/c1-19-15-12(7-18-19)16(22)20(9-17-15)8-13(21)11-6-10(23-2)4-5-14(11)24-3/h4-7,9,13,21H,8H2,1-3H3. The number of aliphatic hydroxyl groups is 1. The van der Waals surface area contributed by atoms with E-state index in [0.717, 1.165) is 0 Å². The van der Waals surface area contributed by atoms with Crippen molar-refractivity contribution in [2.45, 2.75) is 12.6 Å². The first-order chi connectivity index (χ1) is 11.5. The van der Waals surface area contributed by atoms with Crippen molar-refractivity contribution in [3.05, 3.63) is 46.6 Å². The average Bonchev–Trinajstić information content (AvgIpc) is 2.98. The van der Waals surface area contributed by atoms with Crippen LogP contribution in [0.15, 0.2) is 35.5 Å². The Morgan fingerprint density at radius 2 is 2.08 bits per heavy atom. The van der Waals surface area contributed by atoms with Gasteiger partial charge >= 0.3 is 0 Å². The lowest BCUT2D eigenvalue weighted by molar-refractivity contribution is 0.150. The number of fused-ring (bicyclic) bond motifs is 1. The van der Waals surface area contributed by atoms with Crippen molar-refractivity contribution in [2.75, 3.05) is 14.2 Å². The number of benzene rings is 1. The quantitative estimate of drug-likeness (QED) is 0.747. The lowest BCUT2D eigenvalue weighted by Gasteiger charge is -2.17. The van der Waals surface area contributed by atoms with E-state index in [1.165, 1.54) is 28.9 Å². The molecule has 1 N–H and O–H groups in total. The molecule has 0 saturated carbocycles. The van der Waals surface area contributed by atoms with Gasteiger partial charge in [-0.3, -0.25) is 14.0 Å². The molecule has 0 bridgehead atoms. The molecule has 0 fully saturated rings. The second-order valence-corrected chi connectivity index (χ2v) is 5.33. The molecule has 0 saturated heterocycles. The van der Waals surface area contributed by atoms with Crippen molar-refractivity contribution in [3.8, 4) is 11.5 Å². The molecule has 1 atom stereocenters. The van der Waals surface area contributed by atoms with E-state index in [1.807, 2.05) is 0 Å². The largest absolute Gasteiger partial charge is 0.497 e. The molecular formula is C16H18N4O4. The second-order valence-electron chi connectivity index (χ2n) is 5.33. The Labute approximate surface area is 137 Å². The maximum Gasteiger partial charge on any atom is 0.264 e. The van der Waals surface area contributed by atoms with Gasteiger partial charge in [0, 0.05) is 12.6 Å². The molecule has 0 aliphatic rings. The van der Waals surface area contributed by atoms with Crippen LogP contribution < -0.4 is 15.0 Å². The van der Waals surface area contributed by atoms with E-state index in [2.05, 4.69) is 10.1 Å². The normalized spacial score (nSPS) is 12.3. The Kier molecular flexibility index (Phi) is 4.22. The van der Waals surface area contributed by atoms with Gasteiger partial charge < -0.3 is 14.6 Å². The molecule has 3 rings (SSSR count). The summed E-state index contributed by atoms with van der Waals surface area (Å²) in [5, 5.41) is 15.0. The third kappa shape index (κ3) is 2.71. The van der Waals surface area contributed by atoms with Gasteiger partial charge in [0.1, 0.15) is 29.3 Å². The van der Waals surface area contributed by atoms with Crippen LogP contribution >= 0.6 is 0 Å². The molecular weight excluding hydrogens is 312 g/mol. The number of hydrogen-bond donors (Lipinski definition) is 1. The minimum Gasteiger partial charge on any atom is -0.497 e. The van der Waals surface area contributed by atoms with Gasteiger partial charge in [0.05, 0.1) is 27.0 Å².